The van der Waals surface area contributed by atoms with Crippen molar-refractivity contribution in [2.24, 2.45) is 0 Å². The van der Waals surface area contributed by atoms with E-state index in [1.165, 1.54) is 4.90 Å². The van der Waals surface area contributed by atoms with Crippen molar-refractivity contribution in [2.75, 3.05) is 6.54 Å². The summed E-state index contributed by atoms with van der Waals surface area (Å²) in [6.45, 7) is 3.91. The second-order valence-corrected chi connectivity index (χ2v) is 6.21. The lowest BCUT2D eigenvalue weighted by Crippen LogP contribution is -2.40. The molecule has 1 unspecified atom stereocenters. The van der Waals surface area contributed by atoms with Crippen LogP contribution in [-0.4, -0.2) is 34.5 Å². The van der Waals surface area contributed by atoms with Gasteiger partial charge in [-0.1, -0.05) is 23.2 Å². The average molecular weight is 430 g/mol. The van der Waals surface area contributed by atoms with Gasteiger partial charge in [0.25, 0.3) is 5.91 Å². The lowest BCUT2D eigenvalue weighted by Gasteiger charge is -2.27. The highest BCUT2D eigenvalue weighted by Crippen LogP contribution is 2.28. The number of carbonyl (C=O) groups excluding carboxylic acids is 1. The van der Waals surface area contributed by atoms with Gasteiger partial charge in [-0.15, -0.1) is 0 Å². The molecule has 0 spiro atoms. The van der Waals surface area contributed by atoms with Crippen LogP contribution in [0.4, 0.5) is 0 Å². The lowest BCUT2D eigenvalue weighted by molar-refractivity contribution is -0.138. The van der Waals surface area contributed by atoms with E-state index in [1.54, 1.807) is 26.0 Å². The maximum absolute atomic E-state index is 12.5. The Hall–Kier alpha value is -0.530. The van der Waals surface area contributed by atoms with Crippen molar-refractivity contribution >= 4 is 57.7 Å². The number of nitrogens with zero attached hydrogens (tertiary/aromatic N) is 1. The van der Waals surface area contributed by atoms with Gasteiger partial charge in [0.1, 0.15) is 0 Å². The number of halogens is 3. The summed E-state index contributed by atoms with van der Waals surface area (Å²) in [5.74, 6) is -1.21. The molecule has 0 saturated carbocycles. The average Bonchev–Trinajstić information content (AvgIpc) is 2.33. The van der Waals surface area contributed by atoms with E-state index >= 15 is 0 Å². The van der Waals surface area contributed by atoms with Gasteiger partial charge in [0.05, 0.1) is 17.0 Å². The van der Waals surface area contributed by atoms with E-state index in [0.29, 0.717) is 25.7 Å². The summed E-state index contributed by atoms with van der Waals surface area (Å²) < 4.78 is 0.611. The Morgan fingerprint density at radius 2 is 2.00 bits per heavy atom. The maximum atomic E-state index is 12.5. The highest BCUT2D eigenvalue weighted by atomic mass is 127. The third-order valence-electron chi connectivity index (χ3n) is 2.83. The van der Waals surface area contributed by atoms with Crippen LogP contribution in [0.25, 0.3) is 0 Å². The number of carboxylic acid groups (broad SMARTS) is 1. The first-order chi connectivity index (χ1) is 9.27. The summed E-state index contributed by atoms with van der Waals surface area (Å²) in [5, 5.41) is 9.62. The van der Waals surface area contributed by atoms with Crippen LogP contribution in [0.3, 0.4) is 0 Å². The number of hydrogen-bond donors (Lipinski definition) is 1. The first-order valence-corrected chi connectivity index (χ1v) is 7.78. The smallest absolute Gasteiger partial charge is 0.305 e. The molecule has 1 N–H and O–H groups in total. The molecule has 0 radical (unpaired) electrons. The molecule has 0 aliphatic heterocycles. The van der Waals surface area contributed by atoms with E-state index in [2.05, 4.69) is 0 Å². The van der Waals surface area contributed by atoms with Crippen LogP contribution in [-0.2, 0) is 4.79 Å². The molecule has 110 valence electrons. The fourth-order valence-electron chi connectivity index (χ4n) is 1.88. The zero-order chi connectivity index (χ0) is 15.4. The van der Waals surface area contributed by atoms with E-state index in [4.69, 9.17) is 28.3 Å². The van der Waals surface area contributed by atoms with Crippen LogP contribution in [0.15, 0.2) is 12.1 Å². The van der Waals surface area contributed by atoms with Crippen molar-refractivity contribution in [3.05, 3.63) is 31.3 Å². The van der Waals surface area contributed by atoms with Gasteiger partial charge < -0.3 is 10.0 Å². The van der Waals surface area contributed by atoms with Crippen molar-refractivity contribution in [1.82, 2.24) is 4.90 Å². The molecule has 1 aromatic rings. The second kappa shape index (κ2) is 7.47. The van der Waals surface area contributed by atoms with Crippen LogP contribution in [0.5, 0.6) is 0 Å². The van der Waals surface area contributed by atoms with Gasteiger partial charge in [0.2, 0.25) is 0 Å². The van der Waals surface area contributed by atoms with Crippen LogP contribution in [0.2, 0.25) is 10.0 Å². The first kappa shape index (κ1) is 17.5. The topological polar surface area (TPSA) is 57.6 Å². The largest absolute Gasteiger partial charge is 0.481 e. The summed E-state index contributed by atoms with van der Waals surface area (Å²) in [4.78, 5) is 24.8. The van der Waals surface area contributed by atoms with Crippen LogP contribution >= 0.6 is 45.8 Å². The molecule has 1 rings (SSSR count). The highest BCUT2D eigenvalue weighted by Gasteiger charge is 2.24. The Balaban J connectivity index is 3.11. The van der Waals surface area contributed by atoms with Crippen molar-refractivity contribution in [3.8, 4) is 0 Å². The van der Waals surface area contributed by atoms with Gasteiger partial charge in [0.15, 0.2) is 0 Å². The third kappa shape index (κ3) is 4.23. The minimum absolute atomic E-state index is 0.107. The summed E-state index contributed by atoms with van der Waals surface area (Å²) in [5.41, 5.74) is 0.391. The summed E-state index contributed by atoms with van der Waals surface area (Å²) >= 11 is 13.9. The van der Waals surface area contributed by atoms with E-state index in [-0.39, 0.29) is 12.3 Å². The third-order valence-corrected chi connectivity index (χ3v) is 4.82. The lowest BCUT2D eigenvalue weighted by atomic mass is 10.1. The maximum Gasteiger partial charge on any atom is 0.305 e. The highest BCUT2D eigenvalue weighted by molar-refractivity contribution is 14.1. The molecule has 4 nitrogen and oxygen atoms in total. The van der Waals surface area contributed by atoms with E-state index in [0.717, 1.165) is 0 Å². The van der Waals surface area contributed by atoms with Crippen molar-refractivity contribution in [2.45, 2.75) is 26.3 Å². The Morgan fingerprint density at radius 3 is 2.50 bits per heavy atom. The number of carboxylic acids is 1. The number of amides is 1. The summed E-state index contributed by atoms with van der Waals surface area (Å²) in [7, 11) is 0. The summed E-state index contributed by atoms with van der Waals surface area (Å²) in [6.07, 6.45) is -0.107. The number of rotatable bonds is 5. The molecular weight excluding hydrogens is 416 g/mol. The minimum atomic E-state index is -0.942. The van der Waals surface area contributed by atoms with Crippen molar-refractivity contribution in [1.29, 1.82) is 0 Å². The molecule has 0 fully saturated rings. The summed E-state index contributed by atoms with van der Waals surface area (Å²) in [6, 6.07) is 2.71. The fraction of sp³-hybridized carbons (Fsp3) is 0.385. The van der Waals surface area contributed by atoms with Gasteiger partial charge in [-0.3, -0.25) is 9.59 Å². The molecule has 20 heavy (non-hydrogen) atoms. The van der Waals surface area contributed by atoms with E-state index < -0.39 is 12.0 Å². The van der Waals surface area contributed by atoms with Gasteiger partial charge in [0, 0.05) is 21.2 Å². The molecule has 0 bridgehead atoms. The Morgan fingerprint density at radius 1 is 1.40 bits per heavy atom. The molecule has 0 aromatic heterocycles. The van der Waals surface area contributed by atoms with Crippen LogP contribution in [0.1, 0.15) is 30.6 Å². The Bertz CT molecular complexity index is 537. The van der Waals surface area contributed by atoms with Crippen molar-refractivity contribution in [3.63, 3.8) is 0 Å². The SMILES string of the molecule is CCN(C(=O)c1cc(Cl)cc(Cl)c1I)C(C)CC(=O)O. The normalized spacial score (nSPS) is 12.1. The van der Waals surface area contributed by atoms with Gasteiger partial charge in [-0.05, 0) is 48.6 Å². The van der Waals surface area contributed by atoms with Gasteiger partial charge in [-0.25, -0.2) is 0 Å². The number of benzene rings is 1. The molecule has 0 heterocycles. The van der Waals surface area contributed by atoms with E-state index in [1.807, 2.05) is 22.6 Å². The minimum Gasteiger partial charge on any atom is -0.481 e. The molecule has 1 atom stereocenters. The Labute approximate surface area is 141 Å². The molecule has 1 amide bonds. The molecule has 0 aliphatic carbocycles. The van der Waals surface area contributed by atoms with Gasteiger partial charge >= 0.3 is 5.97 Å². The fourth-order valence-corrected chi connectivity index (χ4v) is 2.92. The number of hydrogen-bond acceptors (Lipinski definition) is 2. The predicted octanol–water partition coefficient (Wildman–Crippen LogP) is 3.92. The van der Waals surface area contributed by atoms with E-state index in [9.17, 15) is 9.59 Å². The standard InChI is InChI=1S/C13H14Cl2INO3/c1-3-17(7(2)4-11(18)19)13(20)9-5-8(14)6-10(15)12(9)16/h5-7H,3-4H2,1-2H3,(H,18,19). The first-order valence-electron chi connectivity index (χ1n) is 5.95. The second-order valence-electron chi connectivity index (χ2n) is 4.29. The molecule has 0 saturated heterocycles. The molecule has 1 aromatic carbocycles. The molecule has 0 aliphatic rings. The molecular formula is C13H14Cl2INO3. The number of aliphatic carboxylic acids is 1. The predicted molar refractivity (Wildman–Crippen MR) is 87.6 cm³/mol. The quantitative estimate of drug-likeness (QED) is 0.570. The van der Waals surface area contributed by atoms with Crippen LogP contribution in [0, 0.1) is 3.57 Å². The zero-order valence-corrected chi connectivity index (χ0v) is 14.7. The van der Waals surface area contributed by atoms with Crippen molar-refractivity contribution < 1.29 is 14.7 Å². The van der Waals surface area contributed by atoms with Crippen LogP contribution < -0.4 is 0 Å². The zero-order valence-electron chi connectivity index (χ0n) is 11.0. The number of carbonyl (C=O) groups is 2. The Kier molecular flexibility index (Phi) is 6.54. The van der Waals surface area contributed by atoms with Gasteiger partial charge in [-0.2, -0.15) is 0 Å². The monoisotopic (exact) mass is 429 g/mol. The molecule has 7 heteroatoms.